The molecule has 2 N–H and O–H groups in total. The number of rotatable bonds is 11. The van der Waals surface area contributed by atoms with E-state index in [4.69, 9.17) is 5.11 Å². The van der Waals surface area contributed by atoms with Gasteiger partial charge >= 0.3 is 71.0 Å². The summed E-state index contributed by atoms with van der Waals surface area (Å²) < 4.78 is 344. The number of alkyl halides is 25. The second-order valence-corrected chi connectivity index (χ2v) is 9.06. The quantitative estimate of drug-likeness (QED) is 0.150. The van der Waals surface area contributed by atoms with Gasteiger partial charge in [-0.15, -0.1) is 4.72 Å². The van der Waals surface area contributed by atoms with Gasteiger partial charge in [0.15, 0.2) is 0 Å². The first-order valence-electron chi connectivity index (χ1n) is 8.44. The summed E-state index contributed by atoms with van der Waals surface area (Å²) in [4.78, 5) is 0. The molecular formula is C12H2F25NO3S. The van der Waals surface area contributed by atoms with Crippen LogP contribution in [0.1, 0.15) is 0 Å². The summed E-state index contributed by atoms with van der Waals surface area (Å²) in [5.41, 5.74) is 0. The second-order valence-electron chi connectivity index (χ2n) is 7.34. The third-order valence-corrected chi connectivity index (χ3v) is 5.94. The maximum Gasteiger partial charge on any atom is 0.460 e. The molecule has 0 spiro atoms. The van der Waals surface area contributed by atoms with Gasteiger partial charge in [-0.25, -0.2) is 8.42 Å². The molecule has 1 atom stereocenters. The van der Waals surface area contributed by atoms with Gasteiger partial charge in [-0.05, 0) is 0 Å². The van der Waals surface area contributed by atoms with Gasteiger partial charge in [0.25, 0.3) is 10.0 Å². The molecule has 0 saturated heterocycles. The van der Waals surface area contributed by atoms with Crippen LogP contribution in [0.5, 0.6) is 0 Å². The average molecular weight is 715 g/mol. The predicted molar refractivity (Wildman–Crippen MR) is 74.7 cm³/mol. The first-order chi connectivity index (χ1) is 17.5. The lowest BCUT2D eigenvalue weighted by Crippen LogP contribution is -2.76. The summed E-state index contributed by atoms with van der Waals surface area (Å²) in [5, 5.41) is -0.620. The topological polar surface area (TPSA) is 66.4 Å². The molecule has 0 fully saturated rings. The van der Waals surface area contributed by atoms with E-state index < -0.39 is 85.7 Å². The maximum atomic E-state index is 13.7. The van der Waals surface area contributed by atoms with E-state index in [-0.39, 0.29) is 0 Å². The number of hydrogen-bond donors (Lipinski definition) is 2. The van der Waals surface area contributed by atoms with Gasteiger partial charge in [0.1, 0.15) is 0 Å². The lowest BCUT2D eigenvalue weighted by Gasteiger charge is -2.42. The number of sulfonamides is 1. The van der Waals surface area contributed by atoms with E-state index >= 15 is 0 Å². The van der Waals surface area contributed by atoms with E-state index in [1.54, 1.807) is 0 Å². The molecule has 0 rings (SSSR count). The van der Waals surface area contributed by atoms with E-state index in [0.717, 1.165) is 0 Å². The highest BCUT2D eigenvalue weighted by atomic mass is 32.2. The Morgan fingerprint density at radius 2 is 0.571 bits per heavy atom. The maximum absolute atomic E-state index is 13.7. The van der Waals surface area contributed by atoms with Crippen LogP contribution in [0.2, 0.25) is 0 Å². The monoisotopic (exact) mass is 715 g/mol. The highest BCUT2D eigenvalue weighted by molar-refractivity contribution is 7.90. The fourth-order valence-electron chi connectivity index (χ4n) is 2.01. The third-order valence-electron chi connectivity index (χ3n) is 4.47. The predicted octanol–water partition coefficient (Wildman–Crippen LogP) is 6.32. The average Bonchev–Trinajstić information content (AvgIpc) is 2.69. The molecule has 0 aliphatic rings. The highest BCUT2D eigenvalue weighted by Crippen LogP contribution is 2.64. The van der Waals surface area contributed by atoms with Crippen LogP contribution in [-0.4, -0.2) is 84.5 Å². The van der Waals surface area contributed by atoms with Crippen molar-refractivity contribution in [2.24, 2.45) is 0 Å². The second kappa shape index (κ2) is 9.56. The van der Waals surface area contributed by atoms with Gasteiger partial charge in [0, 0.05) is 0 Å². The summed E-state index contributed by atoms with van der Waals surface area (Å²) in [6.45, 7) is 0. The van der Waals surface area contributed by atoms with Crippen LogP contribution in [0.25, 0.3) is 0 Å². The summed E-state index contributed by atoms with van der Waals surface area (Å²) in [6.07, 6.45) is -16.0. The Labute approximate surface area is 210 Å². The normalized spacial score (nSPS) is 18.2. The zero-order valence-electron chi connectivity index (χ0n) is 17.6. The molecular weight excluding hydrogens is 713 g/mol. The van der Waals surface area contributed by atoms with Gasteiger partial charge < -0.3 is 5.11 Å². The minimum absolute atomic E-state index is 1.95. The lowest BCUT2D eigenvalue weighted by atomic mass is 9.91. The number of aliphatic hydroxyl groups is 1. The Bertz CT molecular complexity index is 1110. The van der Waals surface area contributed by atoms with Gasteiger partial charge in [0.05, 0.1) is 0 Å². The van der Waals surface area contributed by atoms with Crippen LogP contribution in [0.3, 0.4) is 0 Å². The number of hydrogen-bond acceptors (Lipinski definition) is 3. The van der Waals surface area contributed by atoms with Crippen molar-refractivity contribution in [1.29, 1.82) is 0 Å². The fourth-order valence-corrected chi connectivity index (χ4v) is 3.09. The molecule has 0 aromatic carbocycles. The lowest BCUT2D eigenvalue weighted by molar-refractivity contribution is -0.458. The van der Waals surface area contributed by atoms with E-state index in [9.17, 15) is 118 Å². The van der Waals surface area contributed by atoms with Crippen LogP contribution < -0.4 is 4.72 Å². The van der Waals surface area contributed by atoms with Crippen molar-refractivity contribution in [3.8, 4) is 0 Å². The van der Waals surface area contributed by atoms with E-state index in [1.165, 1.54) is 0 Å². The molecule has 0 aliphatic heterocycles. The van der Waals surface area contributed by atoms with E-state index in [0.29, 0.717) is 0 Å². The van der Waals surface area contributed by atoms with Crippen LogP contribution in [-0.2, 0) is 10.0 Å². The van der Waals surface area contributed by atoms with Gasteiger partial charge in [-0.1, -0.05) is 0 Å². The van der Waals surface area contributed by atoms with Crippen LogP contribution in [0, 0.1) is 0 Å². The smallest absolute Gasteiger partial charge is 0.344 e. The molecule has 0 saturated carbocycles. The third kappa shape index (κ3) is 4.94. The first-order valence-corrected chi connectivity index (χ1v) is 9.92. The van der Waals surface area contributed by atoms with Crippen molar-refractivity contribution in [3.63, 3.8) is 0 Å². The van der Waals surface area contributed by atoms with Crippen molar-refractivity contribution in [2.45, 2.75) is 71.0 Å². The highest BCUT2D eigenvalue weighted by Gasteiger charge is 2.96. The Morgan fingerprint density at radius 3 is 0.833 bits per heavy atom. The molecule has 0 heterocycles. The molecule has 0 aliphatic carbocycles. The Morgan fingerprint density at radius 1 is 0.357 bits per heavy atom. The Hall–Kier alpha value is -1.88. The van der Waals surface area contributed by atoms with Crippen LogP contribution >= 0.6 is 0 Å². The van der Waals surface area contributed by atoms with Crippen molar-refractivity contribution >= 4 is 10.0 Å². The summed E-state index contributed by atoms with van der Waals surface area (Å²) in [6, 6.07) is 0. The Kier molecular flexibility index (Phi) is 9.13. The molecule has 1 unspecified atom stereocenters. The van der Waals surface area contributed by atoms with Gasteiger partial charge in [-0.3, -0.25) is 0 Å². The fraction of sp³-hybridized carbons (Fsp3) is 1.00. The molecule has 0 aromatic heterocycles. The minimum atomic E-state index is -9.44. The number of halogens is 25. The zero-order valence-corrected chi connectivity index (χ0v) is 18.4. The van der Waals surface area contributed by atoms with E-state index in [2.05, 4.69) is 0 Å². The summed E-state index contributed by atoms with van der Waals surface area (Å²) >= 11 is 0. The molecule has 4 nitrogen and oxygen atoms in total. The Balaban J connectivity index is 7.16. The SMILES string of the molecule is O=S(=O)(NC(O)(F)C(F)(F)C(F)(F)C(F)(F)F)C(F)(F)C(F)(F)C(F)(F)C(F)(F)C(F)(F)C(F)(F)C(F)(F)C(F)(F)F. The first kappa shape index (κ1) is 40.1. The molecule has 0 bridgehead atoms. The largest absolute Gasteiger partial charge is 0.460 e. The van der Waals surface area contributed by atoms with Gasteiger partial charge in [0.2, 0.25) is 0 Å². The van der Waals surface area contributed by atoms with Crippen molar-refractivity contribution < 1.29 is 123 Å². The number of nitrogens with one attached hydrogen (secondary N) is 1. The molecule has 42 heavy (non-hydrogen) atoms. The molecule has 30 heteroatoms. The van der Waals surface area contributed by atoms with Crippen LogP contribution in [0.15, 0.2) is 0 Å². The zero-order chi connectivity index (χ0) is 35.2. The molecule has 0 radical (unpaired) electrons. The molecule has 0 aromatic rings. The molecule has 254 valence electrons. The standard InChI is InChI=1S/C12H2F25NO3S/c13-1(14,3(17,18)5(21,22)9(29,30)31)2(15,16)4(19,20)7(25,26)11(35,36)42(40,41)38-12(37,39)8(27,28)6(23,24)10(32,33)34/h38-39H. The van der Waals surface area contributed by atoms with Crippen molar-refractivity contribution in [1.82, 2.24) is 4.72 Å². The van der Waals surface area contributed by atoms with Gasteiger partial charge in [-0.2, -0.15) is 110 Å². The van der Waals surface area contributed by atoms with Crippen molar-refractivity contribution in [3.05, 3.63) is 0 Å². The van der Waals surface area contributed by atoms with E-state index in [1.807, 2.05) is 0 Å². The molecule has 0 amide bonds. The summed E-state index contributed by atoms with van der Waals surface area (Å²) in [7, 11) is -9.25. The summed E-state index contributed by atoms with van der Waals surface area (Å²) in [5.74, 6) is -79.3. The van der Waals surface area contributed by atoms with Crippen LogP contribution in [0.4, 0.5) is 110 Å². The van der Waals surface area contributed by atoms with Crippen molar-refractivity contribution in [2.75, 3.05) is 0 Å². The minimum Gasteiger partial charge on any atom is -0.344 e.